The minimum atomic E-state index is -0.631. The molecule has 0 bridgehead atoms. The van der Waals surface area contributed by atoms with Crippen molar-refractivity contribution in [3.8, 4) is 0 Å². The molecule has 0 N–H and O–H groups in total. The predicted octanol–water partition coefficient (Wildman–Crippen LogP) is 2.81. The Morgan fingerprint density at radius 2 is 1.92 bits per heavy atom. The van der Waals surface area contributed by atoms with Crippen LogP contribution >= 0.6 is 18.7 Å². The van der Waals surface area contributed by atoms with E-state index in [9.17, 15) is 0 Å². The zero-order valence-electron chi connectivity index (χ0n) is 7.37. The van der Waals surface area contributed by atoms with Crippen LogP contribution in [-0.4, -0.2) is 18.3 Å². The van der Waals surface area contributed by atoms with Crippen molar-refractivity contribution in [2.75, 3.05) is 13.6 Å². The second kappa shape index (κ2) is 4.81. The van der Waals surface area contributed by atoms with Gasteiger partial charge in [-0.15, -0.1) is 0 Å². The Balaban J connectivity index is 2.71. The molecule has 1 unspecified atom stereocenters. The van der Waals surface area contributed by atoms with Gasteiger partial charge < -0.3 is 0 Å². The summed E-state index contributed by atoms with van der Waals surface area (Å²) < 4.78 is 2.16. The predicted molar refractivity (Wildman–Crippen MR) is 57.2 cm³/mol. The van der Waals surface area contributed by atoms with Crippen LogP contribution in [0.15, 0.2) is 30.3 Å². The molecule has 1 rings (SSSR count). The van der Waals surface area contributed by atoms with E-state index in [0.717, 1.165) is 6.54 Å². The van der Waals surface area contributed by atoms with E-state index in [1.807, 2.05) is 25.2 Å². The molecular weight excluding hydrogens is 189 g/mol. The lowest BCUT2D eigenvalue weighted by Crippen LogP contribution is -2.14. The summed E-state index contributed by atoms with van der Waals surface area (Å²) in [4.78, 5) is 0. The maximum absolute atomic E-state index is 6.25. The lowest BCUT2D eigenvalue weighted by atomic mass is 10.4. The van der Waals surface area contributed by atoms with Gasteiger partial charge in [-0.2, -0.15) is 0 Å². The summed E-state index contributed by atoms with van der Waals surface area (Å²) in [7, 11) is 1.42. The number of halogens is 1. The molecule has 0 spiro atoms. The molecule has 1 nitrogen and oxygen atoms in total. The molecule has 0 aliphatic rings. The first-order valence-corrected chi connectivity index (χ1v) is 6.17. The van der Waals surface area contributed by atoms with Crippen molar-refractivity contribution in [2.45, 2.75) is 6.92 Å². The van der Waals surface area contributed by atoms with Crippen LogP contribution in [0.1, 0.15) is 6.92 Å². The maximum Gasteiger partial charge on any atom is 0.0942 e. The summed E-state index contributed by atoms with van der Waals surface area (Å²) in [6.07, 6.45) is 0. The Morgan fingerprint density at radius 1 is 1.33 bits per heavy atom. The SMILES string of the molecule is CCN(C)P(Cl)c1ccccc1. The van der Waals surface area contributed by atoms with Crippen LogP contribution in [-0.2, 0) is 0 Å². The average Bonchev–Trinajstić information content (AvgIpc) is 2.17. The largest absolute Gasteiger partial charge is 0.269 e. The average molecular weight is 202 g/mol. The van der Waals surface area contributed by atoms with E-state index in [-0.39, 0.29) is 0 Å². The lowest BCUT2D eigenvalue weighted by molar-refractivity contribution is 0.593. The summed E-state index contributed by atoms with van der Waals surface area (Å²) >= 11 is 6.25. The molecule has 0 aliphatic carbocycles. The van der Waals surface area contributed by atoms with Crippen LogP contribution in [0.2, 0.25) is 0 Å². The highest BCUT2D eigenvalue weighted by molar-refractivity contribution is 7.88. The van der Waals surface area contributed by atoms with Gasteiger partial charge in [0.1, 0.15) is 0 Å². The molecule has 1 atom stereocenters. The Hall–Kier alpha value is -0.100. The third-order valence-corrected chi connectivity index (χ3v) is 4.69. The van der Waals surface area contributed by atoms with Crippen molar-refractivity contribution in [3.63, 3.8) is 0 Å². The Bertz CT molecular complexity index is 227. The third kappa shape index (κ3) is 2.45. The van der Waals surface area contributed by atoms with Crippen LogP contribution in [0.3, 0.4) is 0 Å². The minimum absolute atomic E-state index is 0.631. The second-order valence-corrected chi connectivity index (χ2v) is 5.25. The highest BCUT2D eigenvalue weighted by Gasteiger charge is 2.10. The molecule has 0 saturated heterocycles. The summed E-state index contributed by atoms with van der Waals surface area (Å²) in [5.41, 5.74) is 0. The molecule has 0 aliphatic heterocycles. The molecule has 3 heteroatoms. The van der Waals surface area contributed by atoms with Gasteiger partial charge in [0, 0.05) is 11.8 Å². The van der Waals surface area contributed by atoms with Crippen LogP contribution in [0.25, 0.3) is 0 Å². The van der Waals surface area contributed by atoms with Crippen molar-refractivity contribution >= 4 is 24.0 Å². The molecule has 0 fully saturated rings. The molecule has 0 saturated carbocycles. The van der Waals surface area contributed by atoms with Crippen molar-refractivity contribution in [1.29, 1.82) is 0 Å². The van der Waals surface area contributed by atoms with Crippen molar-refractivity contribution in [1.82, 2.24) is 4.67 Å². The van der Waals surface area contributed by atoms with E-state index in [1.54, 1.807) is 0 Å². The monoisotopic (exact) mass is 201 g/mol. The quantitative estimate of drug-likeness (QED) is 0.680. The van der Waals surface area contributed by atoms with E-state index < -0.39 is 7.43 Å². The first kappa shape index (κ1) is 9.98. The van der Waals surface area contributed by atoms with Crippen LogP contribution in [0, 0.1) is 0 Å². The van der Waals surface area contributed by atoms with Gasteiger partial charge in [-0.25, -0.2) is 0 Å². The highest BCUT2D eigenvalue weighted by atomic mass is 35.7. The fourth-order valence-electron chi connectivity index (χ4n) is 0.872. The molecule has 0 aromatic heterocycles. The van der Waals surface area contributed by atoms with Crippen molar-refractivity contribution in [3.05, 3.63) is 30.3 Å². The van der Waals surface area contributed by atoms with Gasteiger partial charge >= 0.3 is 0 Å². The van der Waals surface area contributed by atoms with E-state index in [1.165, 1.54) is 5.30 Å². The highest BCUT2D eigenvalue weighted by Crippen LogP contribution is 2.42. The van der Waals surface area contributed by atoms with Gasteiger partial charge in [0.05, 0.1) is 7.43 Å². The lowest BCUT2D eigenvalue weighted by Gasteiger charge is -2.20. The molecule has 66 valence electrons. The van der Waals surface area contributed by atoms with Gasteiger partial charge in [0.2, 0.25) is 0 Å². The normalized spacial score (nSPS) is 13.3. The van der Waals surface area contributed by atoms with E-state index in [4.69, 9.17) is 11.2 Å². The Labute approximate surface area is 79.9 Å². The summed E-state index contributed by atoms with van der Waals surface area (Å²) in [5, 5.41) is 1.22. The Morgan fingerprint density at radius 3 is 2.42 bits per heavy atom. The van der Waals surface area contributed by atoms with Gasteiger partial charge in [-0.1, -0.05) is 48.5 Å². The number of benzene rings is 1. The third-order valence-electron chi connectivity index (χ3n) is 1.73. The van der Waals surface area contributed by atoms with E-state index in [2.05, 4.69) is 23.7 Å². The molecule has 0 amide bonds. The zero-order valence-corrected chi connectivity index (χ0v) is 9.02. The van der Waals surface area contributed by atoms with Gasteiger partial charge in [0.25, 0.3) is 0 Å². The number of hydrogen-bond donors (Lipinski definition) is 0. The van der Waals surface area contributed by atoms with E-state index in [0.29, 0.717) is 0 Å². The van der Waals surface area contributed by atoms with Gasteiger partial charge in [-0.05, 0) is 7.05 Å². The Kier molecular flexibility index (Phi) is 4.00. The first-order valence-electron chi connectivity index (χ1n) is 3.97. The van der Waals surface area contributed by atoms with Crippen LogP contribution in [0.4, 0.5) is 0 Å². The summed E-state index contributed by atoms with van der Waals surface area (Å²) in [5.74, 6) is 0. The van der Waals surface area contributed by atoms with Crippen LogP contribution < -0.4 is 5.30 Å². The van der Waals surface area contributed by atoms with Gasteiger partial charge in [-0.3, -0.25) is 4.67 Å². The maximum atomic E-state index is 6.25. The zero-order chi connectivity index (χ0) is 8.97. The standard InChI is InChI=1S/C9H13ClNP/c1-3-11(2)12(10)9-7-5-4-6-8-9/h4-8H,3H2,1-2H3. The first-order chi connectivity index (χ1) is 5.75. The number of nitrogens with zero attached hydrogens (tertiary/aromatic N) is 1. The number of hydrogen-bond acceptors (Lipinski definition) is 1. The summed E-state index contributed by atoms with van der Waals surface area (Å²) in [6, 6.07) is 10.2. The topological polar surface area (TPSA) is 3.24 Å². The van der Waals surface area contributed by atoms with Crippen molar-refractivity contribution < 1.29 is 0 Å². The fourth-order valence-corrected chi connectivity index (χ4v) is 2.59. The molecule has 0 radical (unpaired) electrons. The minimum Gasteiger partial charge on any atom is -0.269 e. The van der Waals surface area contributed by atoms with Crippen molar-refractivity contribution in [2.24, 2.45) is 0 Å². The molecule has 1 aromatic carbocycles. The summed E-state index contributed by atoms with van der Waals surface area (Å²) in [6.45, 7) is 3.10. The van der Waals surface area contributed by atoms with E-state index >= 15 is 0 Å². The van der Waals surface area contributed by atoms with Gasteiger partial charge in [0.15, 0.2) is 0 Å². The molecule has 0 heterocycles. The smallest absolute Gasteiger partial charge is 0.0942 e. The van der Waals surface area contributed by atoms with Crippen LogP contribution in [0.5, 0.6) is 0 Å². The fraction of sp³-hybridized carbons (Fsp3) is 0.333. The molecule has 12 heavy (non-hydrogen) atoms. The molecular formula is C9H13ClNP. The second-order valence-electron chi connectivity index (χ2n) is 2.57. The molecule has 1 aromatic rings. The number of rotatable bonds is 3.